The lowest BCUT2D eigenvalue weighted by Gasteiger charge is -2.22. The van der Waals surface area contributed by atoms with E-state index >= 15 is 0 Å². The van der Waals surface area contributed by atoms with E-state index in [1.807, 2.05) is 19.1 Å². The van der Waals surface area contributed by atoms with Crippen molar-refractivity contribution in [1.82, 2.24) is 0 Å². The maximum atomic E-state index is 12.6. The molecule has 0 saturated carbocycles. The Morgan fingerprint density at radius 1 is 1.37 bits per heavy atom. The van der Waals surface area contributed by atoms with E-state index in [1.54, 1.807) is 19.2 Å². The van der Waals surface area contributed by atoms with Gasteiger partial charge in [-0.05, 0) is 31.9 Å². The summed E-state index contributed by atoms with van der Waals surface area (Å²) in [7, 11) is 1.62. The minimum Gasteiger partial charge on any atom is -0.490 e. The predicted molar refractivity (Wildman–Crippen MR) is 71.7 cm³/mol. The van der Waals surface area contributed by atoms with Crippen molar-refractivity contribution < 1.29 is 19.0 Å². The zero-order valence-corrected chi connectivity index (χ0v) is 11.5. The van der Waals surface area contributed by atoms with Crippen LogP contribution >= 0.6 is 0 Å². The Morgan fingerprint density at radius 3 is 2.84 bits per heavy atom. The van der Waals surface area contributed by atoms with Crippen molar-refractivity contribution in [3.8, 4) is 5.75 Å². The number of Topliss-reactive ketones (excluding diaryl/α,β-unsaturated/α-hetero) is 1. The lowest BCUT2D eigenvalue weighted by Crippen LogP contribution is -2.34. The van der Waals surface area contributed by atoms with Gasteiger partial charge in [-0.3, -0.25) is 4.79 Å². The number of hydrogen-bond donors (Lipinski definition) is 0. The van der Waals surface area contributed by atoms with Gasteiger partial charge in [0.25, 0.3) is 0 Å². The second-order valence-electron chi connectivity index (χ2n) is 4.85. The molecule has 1 aromatic rings. The summed E-state index contributed by atoms with van der Waals surface area (Å²) in [5.41, 5.74) is -0.122. The minimum absolute atomic E-state index is 0.00184. The molecule has 0 radical (unpaired) electrons. The molecule has 1 fully saturated rings. The third kappa shape index (κ3) is 3.14. The molecule has 0 spiro atoms. The van der Waals surface area contributed by atoms with Gasteiger partial charge in [-0.1, -0.05) is 12.1 Å². The first-order chi connectivity index (χ1) is 9.17. The van der Waals surface area contributed by atoms with E-state index in [-0.39, 0.29) is 5.78 Å². The summed E-state index contributed by atoms with van der Waals surface area (Å²) in [5, 5.41) is 0. The molecular formula is C15H20O4. The van der Waals surface area contributed by atoms with E-state index in [4.69, 9.17) is 14.2 Å². The summed E-state index contributed by atoms with van der Waals surface area (Å²) in [6.45, 7) is 3.43. The Balaban J connectivity index is 2.16. The fourth-order valence-electron chi connectivity index (χ4n) is 2.26. The van der Waals surface area contributed by atoms with Gasteiger partial charge < -0.3 is 14.2 Å². The van der Waals surface area contributed by atoms with Crippen LogP contribution in [0.3, 0.4) is 0 Å². The van der Waals surface area contributed by atoms with Crippen molar-refractivity contribution >= 4 is 5.78 Å². The zero-order chi connectivity index (χ0) is 13.7. The van der Waals surface area contributed by atoms with Crippen molar-refractivity contribution in [2.75, 3.05) is 26.9 Å². The molecule has 1 saturated heterocycles. The van der Waals surface area contributed by atoms with E-state index in [0.29, 0.717) is 31.1 Å². The van der Waals surface area contributed by atoms with E-state index in [9.17, 15) is 4.79 Å². The van der Waals surface area contributed by atoms with Crippen molar-refractivity contribution in [3.05, 3.63) is 29.8 Å². The number of carbonyl (C=O) groups excluding carboxylic acids is 1. The van der Waals surface area contributed by atoms with Gasteiger partial charge in [-0.2, -0.15) is 0 Å². The quantitative estimate of drug-likeness (QED) is 0.585. The fourth-order valence-corrected chi connectivity index (χ4v) is 2.26. The van der Waals surface area contributed by atoms with Crippen LogP contribution in [0.2, 0.25) is 0 Å². The Labute approximate surface area is 113 Å². The molecule has 1 aliphatic heterocycles. The van der Waals surface area contributed by atoms with Crippen LogP contribution in [0.25, 0.3) is 0 Å². The number of ketones is 1. The maximum absolute atomic E-state index is 12.6. The van der Waals surface area contributed by atoms with Crippen molar-refractivity contribution in [3.63, 3.8) is 0 Å². The second-order valence-corrected chi connectivity index (χ2v) is 4.85. The summed E-state index contributed by atoms with van der Waals surface area (Å²) in [4.78, 5) is 12.6. The van der Waals surface area contributed by atoms with Gasteiger partial charge in [0.1, 0.15) is 18.0 Å². The Bertz CT molecular complexity index is 436. The number of hydrogen-bond acceptors (Lipinski definition) is 4. The molecule has 1 unspecified atom stereocenters. The standard InChI is InChI=1S/C15H20O4/c1-15(8-5-9-19-15)14(16)12-6-3-4-7-13(12)18-11-10-17-2/h3-4,6-7H,5,8-11H2,1-2H3. The topological polar surface area (TPSA) is 44.8 Å². The van der Waals surface area contributed by atoms with Crippen LogP contribution in [-0.4, -0.2) is 38.3 Å². The van der Waals surface area contributed by atoms with Gasteiger partial charge in [0.05, 0.1) is 12.2 Å². The van der Waals surface area contributed by atoms with Crippen LogP contribution in [0, 0.1) is 0 Å². The molecule has 0 aliphatic carbocycles. The molecule has 0 amide bonds. The van der Waals surface area contributed by atoms with E-state index in [2.05, 4.69) is 0 Å². The minimum atomic E-state index is -0.708. The summed E-state index contributed by atoms with van der Waals surface area (Å²) in [6.07, 6.45) is 1.69. The molecule has 0 bridgehead atoms. The normalized spacial score (nSPS) is 22.4. The number of carbonyl (C=O) groups is 1. The second kappa shape index (κ2) is 6.17. The summed E-state index contributed by atoms with van der Waals surface area (Å²) >= 11 is 0. The van der Waals surface area contributed by atoms with Crippen molar-refractivity contribution in [2.45, 2.75) is 25.4 Å². The van der Waals surface area contributed by atoms with Crippen molar-refractivity contribution in [1.29, 1.82) is 0 Å². The predicted octanol–water partition coefficient (Wildman–Crippen LogP) is 2.46. The van der Waals surface area contributed by atoms with Gasteiger partial charge in [-0.15, -0.1) is 0 Å². The Kier molecular flexibility index (Phi) is 4.56. The molecule has 0 aromatic heterocycles. The molecule has 1 aliphatic rings. The van der Waals surface area contributed by atoms with Crippen molar-refractivity contribution in [2.24, 2.45) is 0 Å². The van der Waals surface area contributed by atoms with Crippen LogP contribution in [0.1, 0.15) is 30.1 Å². The summed E-state index contributed by atoms with van der Waals surface area (Å²) < 4.78 is 16.2. The lowest BCUT2D eigenvalue weighted by molar-refractivity contribution is 0.0210. The van der Waals surface area contributed by atoms with Gasteiger partial charge in [0.2, 0.25) is 0 Å². The van der Waals surface area contributed by atoms with Crippen LogP contribution in [0.5, 0.6) is 5.75 Å². The molecule has 4 heteroatoms. The Morgan fingerprint density at radius 2 is 2.16 bits per heavy atom. The third-order valence-electron chi connectivity index (χ3n) is 3.38. The van der Waals surface area contributed by atoms with Gasteiger partial charge >= 0.3 is 0 Å². The summed E-state index contributed by atoms with van der Waals surface area (Å²) in [6, 6.07) is 7.30. The maximum Gasteiger partial charge on any atom is 0.198 e. The largest absolute Gasteiger partial charge is 0.490 e. The molecule has 0 N–H and O–H groups in total. The molecule has 1 heterocycles. The third-order valence-corrected chi connectivity index (χ3v) is 3.38. The van der Waals surface area contributed by atoms with E-state index < -0.39 is 5.60 Å². The van der Waals surface area contributed by atoms with Crippen LogP contribution in [-0.2, 0) is 9.47 Å². The van der Waals surface area contributed by atoms with Crippen LogP contribution in [0.4, 0.5) is 0 Å². The first kappa shape index (κ1) is 14.0. The first-order valence-corrected chi connectivity index (χ1v) is 6.57. The SMILES string of the molecule is COCCOc1ccccc1C(=O)C1(C)CCCO1. The highest BCUT2D eigenvalue weighted by atomic mass is 16.5. The average Bonchev–Trinajstić information content (AvgIpc) is 2.87. The molecular weight excluding hydrogens is 244 g/mol. The van der Waals surface area contributed by atoms with Crippen LogP contribution < -0.4 is 4.74 Å². The van der Waals surface area contributed by atoms with E-state index in [0.717, 1.165) is 12.8 Å². The number of benzene rings is 1. The average molecular weight is 264 g/mol. The summed E-state index contributed by atoms with van der Waals surface area (Å²) in [5.74, 6) is 0.597. The van der Waals surface area contributed by atoms with Gasteiger partial charge in [-0.25, -0.2) is 0 Å². The fraction of sp³-hybridized carbons (Fsp3) is 0.533. The molecule has 104 valence electrons. The molecule has 2 rings (SSSR count). The Hall–Kier alpha value is -1.39. The number of para-hydroxylation sites is 1. The van der Waals surface area contributed by atoms with Gasteiger partial charge in [0.15, 0.2) is 5.78 Å². The van der Waals surface area contributed by atoms with Gasteiger partial charge in [0, 0.05) is 13.7 Å². The number of ether oxygens (including phenoxy) is 3. The molecule has 4 nitrogen and oxygen atoms in total. The van der Waals surface area contributed by atoms with Crippen LogP contribution in [0.15, 0.2) is 24.3 Å². The highest BCUT2D eigenvalue weighted by Gasteiger charge is 2.39. The first-order valence-electron chi connectivity index (χ1n) is 6.57. The molecule has 19 heavy (non-hydrogen) atoms. The number of methoxy groups -OCH3 is 1. The highest BCUT2D eigenvalue weighted by molar-refractivity contribution is 6.04. The highest BCUT2D eigenvalue weighted by Crippen LogP contribution is 2.32. The molecule has 1 aromatic carbocycles. The number of rotatable bonds is 6. The lowest BCUT2D eigenvalue weighted by atomic mass is 9.91. The smallest absolute Gasteiger partial charge is 0.198 e. The van der Waals surface area contributed by atoms with E-state index in [1.165, 1.54) is 0 Å². The molecule has 1 atom stereocenters. The monoisotopic (exact) mass is 264 g/mol. The zero-order valence-electron chi connectivity index (χ0n) is 11.5.